The molecule has 2 saturated heterocycles. The third-order valence-electron chi connectivity index (χ3n) is 13.6. The van der Waals surface area contributed by atoms with Crippen molar-refractivity contribution in [1.82, 2.24) is 40.4 Å². The Hall–Kier alpha value is -6.70. The Morgan fingerprint density at radius 3 is 1.66 bits per heavy atom. The van der Waals surface area contributed by atoms with E-state index in [0.717, 1.165) is 98.9 Å². The molecule has 4 heterocycles. The number of nitrogens with zero attached hydrogens (tertiary/aromatic N) is 4. The van der Waals surface area contributed by atoms with Gasteiger partial charge in [0.05, 0.1) is 50.1 Å². The van der Waals surface area contributed by atoms with Crippen molar-refractivity contribution in [3.63, 3.8) is 0 Å². The number of imidazole rings is 2. The van der Waals surface area contributed by atoms with Crippen molar-refractivity contribution in [3.8, 4) is 33.6 Å². The lowest BCUT2D eigenvalue weighted by Gasteiger charge is -2.37. The Balaban J connectivity index is 0.897. The quantitative estimate of drug-likeness (QED) is 0.0999. The van der Waals surface area contributed by atoms with Gasteiger partial charge < -0.3 is 39.9 Å². The number of alkyl carbamates (subject to hydrolysis) is 2. The maximum atomic E-state index is 14.0. The molecule has 1 aliphatic carbocycles. The molecule has 0 radical (unpaired) electrons. The number of aromatic nitrogens is 4. The van der Waals surface area contributed by atoms with Crippen LogP contribution in [-0.4, -0.2) is 92.6 Å². The standard InChI is InChI=1S/C50H56N8O6/c1-27(2)42(55-49(61)63-5)47(59)57-19-7-8-41(57)45-51-25-39(53-45)35-15-13-31-20-29(9-11-33(31)22-35)30-10-12-34-23-36(16-14-32(34)21-30)40-26-52-46(54-40)44-37-17-18-38(24-37)58(44)48(60)43(28(3)4)56-50(62)64-6/h9-16,20-23,25-28,37-38,41-44H,7-8,17-19,24H2,1-6H3,(H,51,53)(H,52,54)(H,55,61)(H,56,62)/t37-,38+,41-,42-,43-,44-/m0/s1. The third-order valence-corrected chi connectivity index (χ3v) is 13.6. The summed E-state index contributed by atoms with van der Waals surface area (Å²) < 4.78 is 9.62. The number of rotatable bonds is 11. The van der Waals surface area contributed by atoms with Crippen LogP contribution in [0.5, 0.6) is 0 Å². The average molecular weight is 865 g/mol. The first-order valence-corrected chi connectivity index (χ1v) is 22.4. The highest BCUT2D eigenvalue weighted by atomic mass is 16.5. The Labute approximate surface area is 372 Å². The first-order valence-electron chi connectivity index (χ1n) is 22.4. The normalized spacial score (nSPS) is 20.3. The van der Waals surface area contributed by atoms with E-state index in [1.54, 1.807) is 0 Å². The number of nitrogens with one attached hydrogen (secondary N) is 4. The van der Waals surface area contributed by atoms with Crippen molar-refractivity contribution in [2.24, 2.45) is 17.8 Å². The highest BCUT2D eigenvalue weighted by Gasteiger charge is 2.51. The summed E-state index contributed by atoms with van der Waals surface area (Å²) in [4.78, 5) is 72.2. The van der Waals surface area contributed by atoms with Crippen LogP contribution in [0.3, 0.4) is 0 Å². The van der Waals surface area contributed by atoms with Crippen LogP contribution in [-0.2, 0) is 19.1 Å². The molecule has 64 heavy (non-hydrogen) atoms. The molecule has 0 unspecified atom stereocenters. The second-order valence-corrected chi connectivity index (χ2v) is 18.2. The predicted octanol–water partition coefficient (Wildman–Crippen LogP) is 8.92. The average Bonchev–Trinajstić information content (AvgIpc) is 4.17. The molecule has 332 valence electrons. The molecular weight excluding hydrogens is 809 g/mol. The number of piperidine rings is 1. The van der Waals surface area contributed by atoms with Gasteiger partial charge in [-0.15, -0.1) is 0 Å². The van der Waals surface area contributed by atoms with E-state index in [0.29, 0.717) is 12.5 Å². The number of carbonyl (C=O) groups excluding carboxylic acids is 4. The van der Waals surface area contributed by atoms with E-state index >= 15 is 0 Å². The Kier molecular flexibility index (Phi) is 11.6. The topological polar surface area (TPSA) is 175 Å². The van der Waals surface area contributed by atoms with Gasteiger partial charge in [0.15, 0.2) is 0 Å². The minimum Gasteiger partial charge on any atom is -0.453 e. The van der Waals surface area contributed by atoms with Gasteiger partial charge in [-0.2, -0.15) is 0 Å². The minimum absolute atomic E-state index is 0.0894. The van der Waals surface area contributed by atoms with Gasteiger partial charge in [0.25, 0.3) is 0 Å². The summed E-state index contributed by atoms with van der Waals surface area (Å²) in [6.45, 7) is 8.28. The van der Waals surface area contributed by atoms with E-state index in [1.807, 2.05) is 49.9 Å². The summed E-state index contributed by atoms with van der Waals surface area (Å²) in [5, 5.41) is 9.93. The number of methoxy groups -OCH3 is 2. The van der Waals surface area contributed by atoms with Gasteiger partial charge >= 0.3 is 12.2 Å². The van der Waals surface area contributed by atoms with E-state index in [4.69, 9.17) is 19.4 Å². The summed E-state index contributed by atoms with van der Waals surface area (Å²) >= 11 is 0. The maximum absolute atomic E-state index is 14.0. The maximum Gasteiger partial charge on any atom is 0.407 e. The van der Waals surface area contributed by atoms with Crippen molar-refractivity contribution < 1.29 is 28.7 Å². The van der Waals surface area contributed by atoms with Crippen molar-refractivity contribution in [2.75, 3.05) is 20.8 Å². The van der Waals surface area contributed by atoms with E-state index in [2.05, 4.69) is 93.4 Å². The van der Waals surface area contributed by atoms with Gasteiger partial charge in [0.2, 0.25) is 11.8 Å². The number of hydrogen-bond donors (Lipinski definition) is 4. The monoisotopic (exact) mass is 864 g/mol. The molecule has 3 aliphatic rings. The van der Waals surface area contributed by atoms with Crippen LogP contribution in [0.4, 0.5) is 9.59 Å². The zero-order valence-electron chi connectivity index (χ0n) is 37.2. The Morgan fingerprint density at radius 1 is 0.641 bits per heavy atom. The first kappa shape index (κ1) is 42.6. The number of benzene rings is 4. The highest BCUT2D eigenvalue weighted by molar-refractivity contribution is 5.94. The molecule has 2 aliphatic heterocycles. The van der Waals surface area contributed by atoms with Crippen LogP contribution >= 0.6 is 0 Å². The molecule has 9 rings (SSSR count). The van der Waals surface area contributed by atoms with Crippen LogP contribution in [0.2, 0.25) is 0 Å². The van der Waals surface area contributed by atoms with Crippen molar-refractivity contribution in [3.05, 3.63) is 96.8 Å². The number of aromatic amines is 2. The lowest BCUT2D eigenvalue weighted by molar-refractivity contribution is -0.139. The molecule has 6 aromatic rings. The molecule has 2 bridgehead atoms. The van der Waals surface area contributed by atoms with Gasteiger partial charge in [-0.3, -0.25) is 9.59 Å². The number of likely N-dealkylation sites (tertiary alicyclic amines) is 2. The van der Waals surface area contributed by atoms with Crippen LogP contribution < -0.4 is 10.6 Å². The van der Waals surface area contributed by atoms with E-state index in [1.165, 1.54) is 14.2 Å². The zero-order chi connectivity index (χ0) is 44.8. The summed E-state index contributed by atoms with van der Waals surface area (Å²) in [6, 6.07) is 24.2. The fourth-order valence-corrected chi connectivity index (χ4v) is 10.2. The van der Waals surface area contributed by atoms with Gasteiger partial charge in [-0.05, 0) is 107 Å². The molecule has 4 aromatic carbocycles. The molecule has 3 fully saturated rings. The molecule has 1 saturated carbocycles. The summed E-state index contributed by atoms with van der Waals surface area (Å²) in [5.74, 6) is 1.39. The van der Waals surface area contributed by atoms with Crippen molar-refractivity contribution in [1.29, 1.82) is 0 Å². The number of amides is 4. The van der Waals surface area contributed by atoms with E-state index < -0.39 is 24.3 Å². The molecule has 2 aromatic heterocycles. The molecular formula is C50H56N8O6. The SMILES string of the molecule is COC(=O)N[C@H](C(=O)N1CCC[C@H]1c1ncc(-c2ccc3cc(-c4ccc5cc(-c6cnc([C@@H]7[C@H]8CC[C@H](C8)N7C(=O)[C@@H](NC(=O)OC)C(C)C)[nH]6)ccc5c4)ccc3c2)[nH]1)C(C)C. The van der Waals surface area contributed by atoms with Crippen LogP contribution in [0.15, 0.2) is 85.2 Å². The summed E-state index contributed by atoms with van der Waals surface area (Å²) in [7, 11) is 2.61. The second kappa shape index (κ2) is 17.5. The molecule has 4 N–H and O–H groups in total. The lowest BCUT2D eigenvalue weighted by atomic mass is 9.95. The molecule has 14 nitrogen and oxygen atoms in total. The number of hydrogen-bond acceptors (Lipinski definition) is 8. The number of H-pyrrole nitrogens is 2. The summed E-state index contributed by atoms with van der Waals surface area (Å²) in [5.41, 5.74) is 6.02. The van der Waals surface area contributed by atoms with Gasteiger partial charge in [0.1, 0.15) is 23.7 Å². The van der Waals surface area contributed by atoms with E-state index in [9.17, 15) is 19.2 Å². The minimum atomic E-state index is -0.688. The van der Waals surface area contributed by atoms with Gasteiger partial charge in [-0.25, -0.2) is 19.6 Å². The smallest absolute Gasteiger partial charge is 0.407 e. The molecule has 14 heteroatoms. The first-order chi connectivity index (χ1) is 30.9. The van der Waals surface area contributed by atoms with Crippen molar-refractivity contribution in [2.45, 2.75) is 90.0 Å². The lowest BCUT2D eigenvalue weighted by Crippen LogP contribution is -2.54. The Bertz CT molecular complexity index is 2740. The number of carbonyl (C=O) groups is 4. The summed E-state index contributed by atoms with van der Waals surface area (Å²) in [6.07, 6.45) is 7.03. The van der Waals surface area contributed by atoms with Crippen LogP contribution in [0.1, 0.15) is 83.5 Å². The number of fused-ring (bicyclic) bond motifs is 4. The van der Waals surface area contributed by atoms with Crippen molar-refractivity contribution >= 4 is 45.5 Å². The molecule has 4 amide bonds. The third kappa shape index (κ3) is 8.05. The molecule has 6 atom stereocenters. The zero-order valence-corrected chi connectivity index (χ0v) is 37.2. The Morgan fingerprint density at radius 2 is 1.12 bits per heavy atom. The fourth-order valence-electron chi connectivity index (χ4n) is 10.2. The van der Waals surface area contributed by atoms with Gasteiger partial charge in [-0.1, -0.05) is 76.2 Å². The predicted molar refractivity (Wildman–Crippen MR) is 245 cm³/mol. The highest BCUT2D eigenvalue weighted by Crippen LogP contribution is 2.50. The van der Waals surface area contributed by atoms with Gasteiger partial charge in [0, 0.05) is 23.7 Å². The van der Waals surface area contributed by atoms with Crippen LogP contribution in [0, 0.1) is 17.8 Å². The largest absolute Gasteiger partial charge is 0.453 e. The molecule has 0 spiro atoms. The van der Waals surface area contributed by atoms with E-state index in [-0.39, 0.29) is 41.8 Å². The second-order valence-electron chi connectivity index (χ2n) is 18.2. The number of ether oxygens (including phenoxy) is 2. The van der Waals surface area contributed by atoms with Crippen LogP contribution in [0.25, 0.3) is 55.2 Å². The fraction of sp³-hybridized carbons (Fsp3) is 0.400.